The Hall–Kier alpha value is -0.0400. The molecular weight excluding hydrogens is 148 g/mol. The molecule has 0 aromatic rings. The molecule has 1 saturated heterocycles. The maximum absolute atomic E-state index is 5.60. The summed E-state index contributed by atoms with van der Waals surface area (Å²) in [6.45, 7) is 3.23. The van der Waals surface area contributed by atoms with Gasteiger partial charge < -0.3 is 4.74 Å². The third kappa shape index (κ3) is 4.10. The van der Waals surface area contributed by atoms with Crippen molar-refractivity contribution in [3.8, 4) is 0 Å². The van der Waals surface area contributed by atoms with Gasteiger partial charge in [-0.3, -0.25) is 0 Å². The molecule has 0 aromatic heterocycles. The van der Waals surface area contributed by atoms with Gasteiger partial charge in [0.2, 0.25) is 0 Å². The Bertz CT molecular complexity index is 95.2. The molecule has 1 rings (SSSR count). The molecule has 1 atom stereocenters. The molecular formula is C11H21O. The summed E-state index contributed by atoms with van der Waals surface area (Å²) in [6, 6.07) is 0. The number of unbranched alkanes of at least 4 members (excludes halogenated alkanes) is 3. The summed E-state index contributed by atoms with van der Waals surface area (Å²) in [5.74, 6) is 0. The molecule has 12 heavy (non-hydrogen) atoms. The largest absolute Gasteiger partial charge is 0.378 e. The van der Waals surface area contributed by atoms with E-state index in [0.717, 1.165) is 6.61 Å². The van der Waals surface area contributed by atoms with E-state index in [1.54, 1.807) is 0 Å². The second-order valence-electron chi connectivity index (χ2n) is 3.64. The van der Waals surface area contributed by atoms with Crippen LogP contribution in [-0.4, -0.2) is 12.7 Å². The predicted molar refractivity (Wildman–Crippen MR) is 52.0 cm³/mol. The molecule has 1 unspecified atom stereocenters. The minimum absolute atomic E-state index is 0.482. The predicted octanol–water partition coefficient (Wildman–Crippen LogP) is 3.34. The number of hydrogen-bond donors (Lipinski definition) is 0. The van der Waals surface area contributed by atoms with Gasteiger partial charge in [0, 0.05) is 6.61 Å². The van der Waals surface area contributed by atoms with Crippen molar-refractivity contribution in [1.82, 2.24) is 0 Å². The highest BCUT2D eigenvalue weighted by Gasteiger charge is 2.12. The first kappa shape index (κ1) is 10.0. The molecule has 0 spiro atoms. The van der Waals surface area contributed by atoms with Gasteiger partial charge in [0.15, 0.2) is 0 Å². The van der Waals surface area contributed by atoms with Gasteiger partial charge in [-0.1, -0.05) is 26.2 Å². The molecule has 0 saturated carbocycles. The minimum atomic E-state index is 0.482. The molecule has 1 fully saturated rings. The lowest BCUT2D eigenvalue weighted by Gasteiger charge is -2.21. The second kappa shape index (κ2) is 6.47. The van der Waals surface area contributed by atoms with Crippen molar-refractivity contribution in [3.63, 3.8) is 0 Å². The molecule has 0 amide bonds. The lowest BCUT2D eigenvalue weighted by Crippen LogP contribution is -2.19. The zero-order chi connectivity index (χ0) is 8.65. The Labute approximate surface area is 76.5 Å². The summed E-state index contributed by atoms with van der Waals surface area (Å²) >= 11 is 0. The third-order valence-electron chi connectivity index (χ3n) is 2.45. The first-order valence-electron chi connectivity index (χ1n) is 5.38. The number of hydrogen-bond acceptors (Lipinski definition) is 1. The second-order valence-corrected chi connectivity index (χ2v) is 3.64. The van der Waals surface area contributed by atoms with Crippen LogP contribution in [0.3, 0.4) is 0 Å². The van der Waals surface area contributed by atoms with Gasteiger partial charge in [-0.05, 0) is 32.1 Å². The molecule has 0 aliphatic carbocycles. The van der Waals surface area contributed by atoms with Gasteiger partial charge in [0.25, 0.3) is 0 Å². The molecule has 71 valence electrons. The van der Waals surface area contributed by atoms with E-state index in [0.29, 0.717) is 6.10 Å². The molecule has 1 aliphatic rings. The van der Waals surface area contributed by atoms with Gasteiger partial charge in [0.1, 0.15) is 0 Å². The first-order valence-corrected chi connectivity index (χ1v) is 5.38. The lowest BCUT2D eigenvalue weighted by molar-refractivity contribution is 0.0346. The van der Waals surface area contributed by atoms with Crippen molar-refractivity contribution in [2.75, 3.05) is 6.61 Å². The summed E-state index contributed by atoms with van der Waals surface area (Å²) < 4.78 is 5.60. The van der Waals surface area contributed by atoms with Crippen LogP contribution in [0.25, 0.3) is 0 Å². The van der Waals surface area contributed by atoms with Crippen molar-refractivity contribution < 1.29 is 4.74 Å². The van der Waals surface area contributed by atoms with Crippen LogP contribution >= 0.6 is 0 Å². The van der Waals surface area contributed by atoms with Gasteiger partial charge in [-0.25, -0.2) is 0 Å². The maximum atomic E-state index is 5.60. The van der Waals surface area contributed by atoms with Crippen LogP contribution in [-0.2, 0) is 4.74 Å². The zero-order valence-electron chi connectivity index (χ0n) is 8.22. The average Bonchev–Trinajstić information content (AvgIpc) is 2.14. The normalized spacial score (nSPS) is 24.2. The molecule has 1 nitrogen and oxygen atoms in total. The lowest BCUT2D eigenvalue weighted by atomic mass is 10.0. The average molecular weight is 169 g/mol. The van der Waals surface area contributed by atoms with Crippen LogP contribution in [0.4, 0.5) is 0 Å². The van der Waals surface area contributed by atoms with E-state index in [4.69, 9.17) is 4.74 Å². The molecule has 1 radical (unpaired) electrons. The Morgan fingerprint density at radius 3 is 2.92 bits per heavy atom. The summed E-state index contributed by atoms with van der Waals surface area (Å²) in [5.41, 5.74) is 0. The maximum Gasteiger partial charge on any atom is 0.0606 e. The Balaban J connectivity index is 1.91. The van der Waals surface area contributed by atoms with E-state index in [1.165, 1.54) is 44.9 Å². The third-order valence-corrected chi connectivity index (χ3v) is 2.45. The van der Waals surface area contributed by atoms with Crippen molar-refractivity contribution in [2.45, 2.75) is 58.0 Å². The van der Waals surface area contributed by atoms with E-state index in [-0.39, 0.29) is 0 Å². The van der Waals surface area contributed by atoms with Gasteiger partial charge >= 0.3 is 0 Å². The Kier molecular flexibility index (Phi) is 5.42. The van der Waals surface area contributed by atoms with Crippen molar-refractivity contribution in [3.05, 3.63) is 6.42 Å². The van der Waals surface area contributed by atoms with Crippen molar-refractivity contribution >= 4 is 0 Å². The highest BCUT2D eigenvalue weighted by atomic mass is 16.5. The van der Waals surface area contributed by atoms with Crippen molar-refractivity contribution in [2.24, 2.45) is 0 Å². The molecule has 0 N–H and O–H groups in total. The van der Waals surface area contributed by atoms with E-state index < -0.39 is 0 Å². The molecule has 1 aliphatic heterocycles. The summed E-state index contributed by atoms with van der Waals surface area (Å²) in [6.07, 6.45) is 12.0. The van der Waals surface area contributed by atoms with Crippen LogP contribution in [0.2, 0.25) is 0 Å². The molecule has 0 bridgehead atoms. The first-order chi connectivity index (χ1) is 5.93. The van der Waals surface area contributed by atoms with Crippen molar-refractivity contribution in [1.29, 1.82) is 0 Å². The smallest absolute Gasteiger partial charge is 0.0606 e. The standard InChI is InChI=1S/C11H21O/c1-2-3-4-5-8-11-9-6-7-10-12-11/h8,11H,2-7,9-10H2,1H3. The van der Waals surface area contributed by atoms with E-state index >= 15 is 0 Å². The van der Waals surface area contributed by atoms with E-state index in [1.807, 2.05) is 0 Å². The number of ether oxygens (including phenoxy) is 1. The zero-order valence-corrected chi connectivity index (χ0v) is 8.22. The van der Waals surface area contributed by atoms with Gasteiger partial charge in [-0.15, -0.1) is 0 Å². The highest BCUT2D eigenvalue weighted by Crippen LogP contribution is 2.17. The summed E-state index contributed by atoms with van der Waals surface area (Å²) in [7, 11) is 0. The fraction of sp³-hybridized carbons (Fsp3) is 0.909. The van der Waals surface area contributed by atoms with Gasteiger partial charge in [0.05, 0.1) is 6.10 Å². The van der Waals surface area contributed by atoms with Crippen LogP contribution in [0.15, 0.2) is 0 Å². The van der Waals surface area contributed by atoms with E-state index in [9.17, 15) is 0 Å². The quantitative estimate of drug-likeness (QED) is 0.573. The topological polar surface area (TPSA) is 9.23 Å². The van der Waals surface area contributed by atoms with Gasteiger partial charge in [-0.2, -0.15) is 0 Å². The Morgan fingerprint density at radius 1 is 1.33 bits per heavy atom. The summed E-state index contributed by atoms with van der Waals surface area (Å²) in [4.78, 5) is 0. The van der Waals surface area contributed by atoms with Crippen LogP contribution in [0.1, 0.15) is 51.9 Å². The minimum Gasteiger partial charge on any atom is -0.378 e. The van der Waals surface area contributed by atoms with Crippen LogP contribution in [0, 0.1) is 6.42 Å². The van der Waals surface area contributed by atoms with Crippen LogP contribution in [0.5, 0.6) is 0 Å². The molecule has 0 aromatic carbocycles. The SMILES string of the molecule is CCCCC[CH]C1CCCCO1. The van der Waals surface area contributed by atoms with Crippen LogP contribution < -0.4 is 0 Å². The fourth-order valence-electron chi connectivity index (χ4n) is 1.65. The molecule has 1 heteroatoms. The monoisotopic (exact) mass is 169 g/mol. The highest BCUT2D eigenvalue weighted by molar-refractivity contribution is 4.79. The summed E-state index contributed by atoms with van der Waals surface area (Å²) in [5, 5.41) is 0. The van der Waals surface area contributed by atoms with E-state index in [2.05, 4.69) is 13.3 Å². The molecule has 1 heterocycles. The number of rotatable bonds is 5. The fourth-order valence-corrected chi connectivity index (χ4v) is 1.65. The Morgan fingerprint density at radius 2 is 2.25 bits per heavy atom.